The fraction of sp³-hybridized carbons (Fsp3) is 0.579. The highest BCUT2D eigenvalue weighted by Crippen LogP contribution is 2.35. The quantitative estimate of drug-likeness (QED) is 0.771. The van der Waals surface area contributed by atoms with Crippen molar-refractivity contribution in [2.75, 3.05) is 39.4 Å². The molecule has 1 amide bonds. The molecule has 2 aliphatic rings. The van der Waals surface area contributed by atoms with Gasteiger partial charge in [0.05, 0.1) is 13.2 Å². The van der Waals surface area contributed by atoms with E-state index >= 15 is 0 Å². The number of aromatic nitrogens is 1. The lowest BCUT2D eigenvalue weighted by atomic mass is 9.81. The average Bonchev–Trinajstić information content (AvgIpc) is 3.00. The molecule has 130 valence electrons. The van der Waals surface area contributed by atoms with Crippen molar-refractivity contribution in [1.82, 2.24) is 15.2 Å². The number of hydrogen-bond donors (Lipinski definition) is 1. The van der Waals surface area contributed by atoms with Crippen LogP contribution in [0.25, 0.3) is 0 Å². The van der Waals surface area contributed by atoms with Crippen LogP contribution in [0.1, 0.15) is 12.0 Å². The Balaban J connectivity index is 1.44. The molecule has 0 spiro atoms. The molecule has 3 rings (SSSR count). The van der Waals surface area contributed by atoms with Crippen LogP contribution in [-0.4, -0.2) is 55.2 Å². The molecule has 0 aromatic carbocycles. The molecule has 3 heterocycles. The summed E-state index contributed by atoms with van der Waals surface area (Å²) >= 11 is 0. The van der Waals surface area contributed by atoms with E-state index in [4.69, 9.17) is 4.74 Å². The molecule has 0 radical (unpaired) electrons. The number of fused-ring (bicyclic) bond motifs is 1. The molecule has 1 aromatic heterocycles. The summed E-state index contributed by atoms with van der Waals surface area (Å²) in [5, 5.41) is 3.05. The van der Waals surface area contributed by atoms with Gasteiger partial charge in [0.1, 0.15) is 0 Å². The van der Waals surface area contributed by atoms with E-state index in [0.717, 1.165) is 32.7 Å². The molecule has 2 fully saturated rings. The first-order valence-electron chi connectivity index (χ1n) is 8.83. The van der Waals surface area contributed by atoms with Crippen LogP contribution in [0, 0.1) is 17.8 Å². The second kappa shape index (κ2) is 8.40. The molecular formula is C19H27N3O2. The van der Waals surface area contributed by atoms with Crippen LogP contribution >= 0.6 is 0 Å². The van der Waals surface area contributed by atoms with Crippen LogP contribution < -0.4 is 5.32 Å². The van der Waals surface area contributed by atoms with Crippen LogP contribution in [0.15, 0.2) is 37.2 Å². The van der Waals surface area contributed by atoms with Crippen molar-refractivity contribution in [2.45, 2.75) is 12.8 Å². The number of pyridine rings is 1. The minimum absolute atomic E-state index is 0.139. The Labute approximate surface area is 144 Å². The SMILES string of the molecule is C=CCN1C[C@H]2COC[C@H](CC(=O)NCCc3ccncc3)[C@H]2C1. The first-order chi connectivity index (χ1) is 11.8. The van der Waals surface area contributed by atoms with Crippen molar-refractivity contribution >= 4 is 5.91 Å². The molecule has 1 aromatic rings. The van der Waals surface area contributed by atoms with Gasteiger partial charge in [-0.15, -0.1) is 6.58 Å². The molecule has 24 heavy (non-hydrogen) atoms. The van der Waals surface area contributed by atoms with Gasteiger partial charge in [0.25, 0.3) is 0 Å². The van der Waals surface area contributed by atoms with Crippen LogP contribution in [0.5, 0.6) is 0 Å². The highest BCUT2D eigenvalue weighted by Gasteiger charge is 2.41. The minimum atomic E-state index is 0.139. The zero-order valence-electron chi connectivity index (χ0n) is 14.2. The van der Waals surface area contributed by atoms with Crippen LogP contribution in [-0.2, 0) is 16.0 Å². The maximum atomic E-state index is 12.3. The highest BCUT2D eigenvalue weighted by molar-refractivity contribution is 5.76. The Morgan fingerprint density at radius 1 is 1.38 bits per heavy atom. The summed E-state index contributed by atoms with van der Waals surface area (Å²) in [6, 6.07) is 3.97. The van der Waals surface area contributed by atoms with Crippen molar-refractivity contribution in [3.8, 4) is 0 Å². The van der Waals surface area contributed by atoms with E-state index in [1.165, 1.54) is 5.56 Å². The third kappa shape index (κ3) is 4.42. The number of ether oxygens (including phenoxy) is 1. The molecule has 3 atom stereocenters. The van der Waals surface area contributed by atoms with Gasteiger partial charge in [0.15, 0.2) is 0 Å². The van der Waals surface area contributed by atoms with Gasteiger partial charge in [-0.05, 0) is 41.9 Å². The van der Waals surface area contributed by atoms with Crippen LogP contribution in [0.4, 0.5) is 0 Å². The summed E-state index contributed by atoms with van der Waals surface area (Å²) in [6.45, 7) is 9.10. The standard InChI is InChI=1S/C19H27N3O2/c1-2-9-22-11-17-14-24-13-16(18(17)12-22)10-19(23)21-8-5-15-3-6-20-7-4-15/h2-4,6-7,16-18H,1,5,8-14H2,(H,21,23)/t16-,17-,18+/m0/s1. The number of nitrogens with one attached hydrogen (secondary N) is 1. The largest absolute Gasteiger partial charge is 0.381 e. The molecule has 2 aliphatic heterocycles. The number of amides is 1. The van der Waals surface area contributed by atoms with Crippen LogP contribution in [0.2, 0.25) is 0 Å². The topological polar surface area (TPSA) is 54.5 Å². The maximum Gasteiger partial charge on any atom is 0.220 e. The molecule has 2 saturated heterocycles. The predicted molar refractivity (Wildman–Crippen MR) is 93.5 cm³/mol. The summed E-state index contributed by atoms with van der Waals surface area (Å²) in [5.74, 6) is 1.61. The Bertz CT molecular complexity index is 549. The van der Waals surface area contributed by atoms with Gasteiger partial charge in [-0.1, -0.05) is 6.08 Å². The first kappa shape index (κ1) is 17.1. The summed E-state index contributed by atoms with van der Waals surface area (Å²) in [5.41, 5.74) is 1.20. The molecule has 5 heteroatoms. The van der Waals surface area contributed by atoms with Gasteiger partial charge in [-0.2, -0.15) is 0 Å². The van der Waals surface area contributed by atoms with E-state index in [0.29, 0.717) is 37.3 Å². The summed E-state index contributed by atoms with van der Waals surface area (Å²) in [4.78, 5) is 18.7. The monoisotopic (exact) mass is 329 g/mol. The molecular weight excluding hydrogens is 302 g/mol. The zero-order valence-corrected chi connectivity index (χ0v) is 14.2. The van der Waals surface area contributed by atoms with Crippen molar-refractivity contribution < 1.29 is 9.53 Å². The number of rotatable bonds is 7. The van der Waals surface area contributed by atoms with Gasteiger partial charge in [0, 0.05) is 45.0 Å². The second-order valence-electron chi connectivity index (χ2n) is 6.89. The lowest BCUT2D eigenvalue weighted by molar-refractivity contribution is -0.124. The average molecular weight is 329 g/mol. The van der Waals surface area contributed by atoms with Gasteiger partial charge >= 0.3 is 0 Å². The van der Waals surface area contributed by atoms with E-state index in [1.807, 2.05) is 18.2 Å². The highest BCUT2D eigenvalue weighted by atomic mass is 16.5. The Morgan fingerprint density at radius 3 is 3.00 bits per heavy atom. The van der Waals surface area contributed by atoms with Crippen molar-refractivity contribution in [3.05, 3.63) is 42.7 Å². The Morgan fingerprint density at radius 2 is 2.21 bits per heavy atom. The van der Waals surface area contributed by atoms with Gasteiger partial charge in [-0.25, -0.2) is 0 Å². The Hall–Kier alpha value is -1.72. The first-order valence-corrected chi connectivity index (χ1v) is 8.83. The van der Waals surface area contributed by atoms with E-state index < -0.39 is 0 Å². The molecule has 0 aliphatic carbocycles. The number of carbonyl (C=O) groups excluding carboxylic acids is 1. The normalized spacial score (nSPS) is 26.8. The van der Waals surface area contributed by atoms with Crippen molar-refractivity contribution in [1.29, 1.82) is 0 Å². The second-order valence-corrected chi connectivity index (χ2v) is 6.89. The van der Waals surface area contributed by atoms with Crippen molar-refractivity contribution in [2.24, 2.45) is 17.8 Å². The van der Waals surface area contributed by atoms with Gasteiger partial charge in [-0.3, -0.25) is 14.7 Å². The molecule has 0 unspecified atom stereocenters. The zero-order chi connectivity index (χ0) is 16.8. The van der Waals surface area contributed by atoms with Gasteiger partial charge < -0.3 is 10.1 Å². The summed E-state index contributed by atoms with van der Waals surface area (Å²) in [7, 11) is 0. The summed E-state index contributed by atoms with van der Waals surface area (Å²) in [6.07, 6.45) is 6.94. The third-order valence-corrected chi connectivity index (χ3v) is 5.16. The Kier molecular flexibility index (Phi) is 5.99. The van der Waals surface area contributed by atoms with E-state index in [9.17, 15) is 4.79 Å². The molecule has 0 saturated carbocycles. The molecule has 1 N–H and O–H groups in total. The minimum Gasteiger partial charge on any atom is -0.381 e. The molecule has 0 bridgehead atoms. The number of carbonyl (C=O) groups is 1. The van der Waals surface area contributed by atoms with E-state index in [1.54, 1.807) is 12.4 Å². The number of likely N-dealkylation sites (tertiary alicyclic amines) is 1. The third-order valence-electron chi connectivity index (χ3n) is 5.16. The summed E-state index contributed by atoms with van der Waals surface area (Å²) < 4.78 is 5.76. The fourth-order valence-electron chi connectivity index (χ4n) is 3.94. The number of hydrogen-bond acceptors (Lipinski definition) is 4. The maximum absolute atomic E-state index is 12.3. The number of nitrogens with zero attached hydrogens (tertiary/aromatic N) is 2. The lowest BCUT2D eigenvalue weighted by Crippen LogP contribution is -2.38. The fourth-order valence-corrected chi connectivity index (χ4v) is 3.94. The van der Waals surface area contributed by atoms with Gasteiger partial charge in [0.2, 0.25) is 5.91 Å². The molecule has 5 nitrogen and oxygen atoms in total. The predicted octanol–water partition coefficient (Wildman–Crippen LogP) is 1.51. The van der Waals surface area contributed by atoms with Crippen molar-refractivity contribution in [3.63, 3.8) is 0 Å². The van der Waals surface area contributed by atoms with Crippen LogP contribution in [0.3, 0.4) is 0 Å². The van der Waals surface area contributed by atoms with E-state index in [-0.39, 0.29) is 5.91 Å². The smallest absolute Gasteiger partial charge is 0.220 e. The van der Waals surface area contributed by atoms with E-state index in [2.05, 4.69) is 21.8 Å². The lowest BCUT2D eigenvalue weighted by Gasteiger charge is -2.32.